The van der Waals surface area contributed by atoms with Crippen molar-refractivity contribution in [1.29, 1.82) is 0 Å². The van der Waals surface area contributed by atoms with Gasteiger partial charge in [-0.2, -0.15) is 0 Å². The Hall–Kier alpha value is -4.46. The second kappa shape index (κ2) is 11.7. The molecule has 38 heavy (non-hydrogen) atoms. The van der Waals surface area contributed by atoms with Gasteiger partial charge in [0, 0.05) is 40.9 Å². The van der Waals surface area contributed by atoms with Crippen LogP contribution in [0.15, 0.2) is 109 Å². The van der Waals surface area contributed by atoms with E-state index in [1.807, 2.05) is 54.8 Å². The first-order chi connectivity index (χ1) is 18.2. The molecule has 0 aliphatic rings. The van der Waals surface area contributed by atoms with Crippen LogP contribution in [0, 0.1) is 0 Å². The van der Waals surface area contributed by atoms with Crippen molar-refractivity contribution >= 4 is 52.8 Å². The summed E-state index contributed by atoms with van der Waals surface area (Å²) < 4.78 is 43.0. The van der Waals surface area contributed by atoms with E-state index in [0.29, 0.717) is 0 Å². The molecule has 0 bridgehead atoms. The van der Waals surface area contributed by atoms with E-state index >= 15 is 0 Å². The van der Waals surface area contributed by atoms with Crippen molar-refractivity contribution < 1.29 is 26.6 Å². The standard InChI is InChI=1S/C30H25N2O.BF4/c1-23(33)31(26-16-6-3-7-17-26)21-9-8-19-28-27-18-10-14-25-15-11-20-29(30(25)27)32(28)22-24-12-4-2-5-13-24;2-1(3,4)5/h2-21H,22H2,1H3;/q+1;-1. The van der Waals surface area contributed by atoms with Crippen LogP contribution < -0.4 is 5.35 Å². The molecule has 1 amide bonds. The number of nitrogens with zero attached hydrogens (tertiary/aromatic N) is 2. The number of carbonyl (C=O) groups is 1. The number of amides is 1. The molecule has 0 saturated heterocycles. The molecular formula is C30H25BF4N2O. The zero-order chi connectivity index (χ0) is 27.1. The first kappa shape index (κ1) is 26.6. The van der Waals surface area contributed by atoms with E-state index < -0.39 is 7.25 Å². The minimum atomic E-state index is -6.00. The second-order valence-electron chi connectivity index (χ2n) is 8.56. The summed E-state index contributed by atoms with van der Waals surface area (Å²) in [5.74, 6) is -0.0257. The van der Waals surface area contributed by atoms with Crippen molar-refractivity contribution in [3.63, 3.8) is 0 Å². The molecule has 0 aliphatic carbocycles. The lowest BCUT2D eigenvalue weighted by Gasteiger charge is -2.07. The van der Waals surface area contributed by atoms with Gasteiger partial charge in [0.05, 0.1) is 12.4 Å². The van der Waals surface area contributed by atoms with Gasteiger partial charge in [0.25, 0.3) is 0 Å². The first-order valence-electron chi connectivity index (χ1n) is 12.0. The lowest BCUT2D eigenvalue weighted by Crippen LogP contribution is -2.17. The van der Waals surface area contributed by atoms with Gasteiger partial charge in [-0.05, 0) is 23.1 Å². The average molecular weight is 516 g/mol. The minimum Gasteiger partial charge on any atom is -0.418 e. The summed E-state index contributed by atoms with van der Waals surface area (Å²) in [7, 11) is -6.00. The monoisotopic (exact) mass is 516 g/mol. The highest BCUT2D eigenvalue weighted by atomic mass is 19.5. The van der Waals surface area contributed by atoms with Gasteiger partial charge in [-0.3, -0.25) is 0 Å². The fourth-order valence-corrected chi connectivity index (χ4v) is 4.39. The summed E-state index contributed by atoms with van der Waals surface area (Å²) in [4.78, 5) is 12.2. The Bertz CT molecular complexity index is 1650. The van der Waals surface area contributed by atoms with Crippen LogP contribution in [-0.4, -0.2) is 28.5 Å². The Labute approximate surface area is 217 Å². The molecule has 1 heterocycles. The number of allylic oxidation sites excluding steroid dienone is 2. The summed E-state index contributed by atoms with van der Waals surface area (Å²) in [5, 5.41) is 4.92. The molecule has 0 aliphatic heterocycles. The third kappa shape index (κ3) is 6.65. The Morgan fingerprint density at radius 3 is 2.05 bits per heavy atom. The highest BCUT2D eigenvalue weighted by Gasteiger charge is 2.20. The smallest absolute Gasteiger partial charge is 0.418 e. The van der Waals surface area contributed by atoms with Crippen LogP contribution in [0.3, 0.4) is 0 Å². The Kier molecular flexibility index (Phi) is 8.21. The van der Waals surface area contributed by atoms with E-state index in [9.17, 15) is 22.1 Å². The molecule has 0 spiro atoms. The molecule has 0 fully saturated rings. The highest BCUT2D eigenvalue weighted by Crippen LogP contribution is 2.26. The molecule has 192 valence electrons. The maximum Gasteiger partial charge on any atom is 0.673 e. The molecule has 0 N–H and O–H groups in total. The fourth-order valence-electron chi connectivity index (χ4n) is 4.39. The van der Waals surface area contributed by atoms with Crippen LogP contribution in [0.25, 0.3) is 27.8 Å². The van der Waals surface area contributed by atoms with Crippen molar-refractivity contribution in [3.8, 4) is 0 Å². The zero-order valence-corrected chi connectivity index (χ0v) is 20.6. The second-order valence-corrected chi connectivity index (χ2v) is 8.56. The van der Waals surface area contributed by atoms with E-state index in [1.54, 1.807) is 11.5 Å². The summed E-state index contributed by atoms with van der Waals surface area (Å²) in [6.07, 6.45) is 7.89. The zero-order valence-electron chi connectivity index (χ0n) is 20.6. The molecule has 5 rings (SSSR count). The van der Waals surface area contributed by atoms with E-state index in [1.165, 1.54) is 27.2 Å². The van der Waals surface area contributed by atoms with E-state index in [2.05, 4.69) is 71.3 Å². The average Bonchev–Trinajstić information content (AvgIpc) is 3.18. The number of para-hydroxylation sites is 1. The van der Waals surface area contributed by atoms with E-state index in [0.717, 1.165) is 17.6 Å². The summed E-state index contributed by atoms with van der Waals surface area (Å²) in [6.45, 7) is 2.37. The quantitative estimate of drug-likeness (QED) is 0.105. The number of carbonyl (C=O) groups excluding carboxylic acids is 1. The van der Waals surface area contributed by atoms with Crippen LogP contribution in [-0.2, 0) is 11.3 Å². The van der Waals surface area contributed by atoms with E-state index in [4.69, 9.17) is 0 Å². The summed E-state index contributed by atoms with van der Waals surface area (Å²) in [5.41, 5.74) is 3.34. The molecule has 0 atom stereocenters. The van der Waals surface area contributed by atoms with E-state index in [-0.39, 0.29) is 5.91 Å². The van der Waals surface area contributed by atoms with Gasteiger partial charge in [-0.25, -0.2) is 4.79 Å². The van der Waals surface area contributed by atoms with Gasteiger partial charge in [0.2, 0.25) is 5.69 Å². The van der Waals surface area contributed by atoms with Crippen LogP contribution in [0.2, 0.25) is 0 Å². The normalized spacial score (nSPS) is 12.8. The van der Waals surface area contributed by atoms with Crippen molar-refractivity contribution in [2.45, 2.75) is 13.5 Å². The molecule has 5 aromatic rings. The maximum atomic E-state index is 12.2. The molecule has 0 radical (unpaired) electrons. The number of aromatic nitrogens is 1. The first-order valence-corrected chi connectivity index (χ1v) is 12.0. The summed E-state index contributed by atoms with van der Waals surface area (Å²) in [6, 6.07) is 33.2. The lowest BCUT2D eigenvalue weighted by molar-refractivity contribution is -0.359. The van der Waals surface area contributed by atoms with Crippen LogP contribution in [0.5, 0.6) is 0 Å². The molecule has 0 saturated carbocycles. The molecule has 8 heteroatoms. The Morgan fingerprint density at radius 2 is 1.42 bits per heavy atom. The lowest BCUT2D eigenvalue weighted by atomic mass is 10.1. The van der Waals surface area contributed by atoms with Gasteiger partial charge < -0.3 is 21.8 Å². The van der Waals surface area contributed by atoms with Crippen LogP contribution >= 0.6 is 0 Å². The van der Waals surface area contributed by atoms with Crippen molar-refractivity contribution in [2.24, 2.45) is 0 Å². The van der Waals surface area contributed by atoms with Crippen molar-refractivity contribution in [2.75, 3.05) is 0 Å². The fraction of sp³-hybridized carbons (Fsp3) is 0.0667. The minimum absolute atomic E-state index is 0.0257. The number of rotatable bonds is 5. The number of hydrogen-bond acceptors (Lipinski definition) is 1. The largest absolute Gasteiger partial charge is 0.673 e. The third-order valence-corrected chi connectivity index (χ3v) is 5.90. The predicted octanol–water partition coefficient (Wildman–Crippen LogP) is 7.16. The molecule has 0 unspecified atom stereocenters. The number of hydrogen-bond donors (Lipinski definition) is 0. The molecule has 3 nitrogen and oxygen atoms in total. The number of halogens is 4. The Morgan fingerprint density at radius 1 is 0.816 bits per heavy atom. The Balaban J connectivity index is 0.000000617. The van der Waals surface area contributed by atoms with Crippen LogP contribution in [0.4, 0.5) is 23.0 Å². The molecule has 1 aromatic heterocycles. The van der Waals surface area contributed by atoms with Crippen LogP contribution in [0.1, 0.15) is 12.5 Å². The maximum absolute atomic E-state index is 12.2. The van der Waals surface area contributed by atoms with Gasteiger partial charge in [0.1, 0.15) is 0 Å². The van der Waals surface area contributed by atoms with Crippen molar-refractivity contribution in [3.05, 3.63) is 120 Å². The SMILES string of the molecule is CC(=O)[N+](=C/C=C/C=c1/c2cccc3cccc(c32)n1Cc1ccccc1)c1ccccc1.F[B-](F)(F)F. The van der Waals surface area contributed by atoms with Crippen molar-refractivity contribution in [1.82, 2.24) is 4.57 Å². The van der Waals surface area contributed by atoms with Gasteiger partial charge in [-0.1, -0.05) is 84.9 Å². The van der Waals surface area contributed by atoms with Gasteiger partial charge in [-0.15, -0.1) is 4.58 Å². The predicted molar refractivity (Wildman–Crippen MR) is 147 cm³/mol. The molecule has 4 aromatic carbocycles. The highest BCUT2D eigenvalue weighted by molar-refractivity contribution is 6.50. The topological polar surface area (TPSA) is 25.0 Å². The third-order valence-electron chi connectivity index (χ3n) is 5.90. The molecular weight excluding hydrogens is 491 g/mol. The summed E-state index contributed by atoms with van der Waals surface area (Å²) >= 11 is 0. The number of benzene rings is 4. The van der Waals surface area contributed by atoms with Gasteiger partial charge >= 0.3 is 13.2 Å². The van der Waals surface area contributed by atoms with Gasteiger partial charge in [0.15, 0.2) is 6.21 Å².